The molecular formula is C11H15NO4. The summed E-state index contributed by atoms with van der Waals surface area (Å²) in [5, 5.41) is 0. The van der Waals surface area contributed by atoms with Crippen LogP contribution in [-0.2, 0) is 19.1 Å². The molecule has 0 aromatic rings. The van der Waals surface area contributed by atoms with E-state index >= 15 is 0 Å². The molecule has 0 spiro atoms. The van der Waals surface area contributed by atoms with Crippen molar-refractivity contribution in [2.24, 2.45) is 5.41 Å². The molecule has 2 rings (SSSR count). The summed E-state index contributed by atoms with van der Waals surface area (Å²) in [6.07, 6.45) is 0.382. The molecule has 2 heterocycles. The third-order valence-electron chi connectivity index (χ3n) is 3.16. The van der Waals surface area contributed by atoms with Crippen molar-refractivity contribution in [1.29, 1.82) is 0 Å². The van der Waals surface area contributed by atoms with E-state index < -0.39 is 17.7 Å². The smallest absolute Gasteiger partial charge is 0.341 e. The van der Waals surface area contributed by atoms with E-state index in [2.05, 4.69) is 0 Å². The first-order valence-electron chi connectivity index (χ1n) is 5.32. The van der Waals surface area contributed by atoms with E-state index in [0.717, 1.165) is 0 Å². The van der Waals surface area contributed by atoms with Gasteiger partial charge < -0.3 is 9.53 Å². The van der Waals surface area contributed by atoms with Crippen molar-refractivity contribution < 1.29 is 19.1 Å². The molecule has 1 amide bonds. The van der Waals surface area contributed by atoms with Crippen molar-refractivity contribution in [3.8, 4) is 0 Å². The molecule has 0 N–H and O–H groups in total. The van der Waals surface area contributed by atoms with Crippen molar-refractivity contribution >= 4 is 18.2 Å². The van der Waals surface area contributed by atoms with Crippen molar-refractivity contribution in [2.45, 2.75) is 45.4 Å². The van der Waals surface area contributed by atoms with Gasteiger partial charge >= 0.3 is 5.97 Å². The fraction of sp³-hybridized carbons (Fsp3) is 0.727. The lowest BCUT2D eigenvalue weighted by molar-refractivity contribution is -0.151. The number of esters is 1. The highest BCUT2D eigenvalue weighted by molar-refractivity contribution is 6.06. The maximum absolute atomic E-state index is 11.8. The number of hydrogen-bond acceptors (Lipinski definition) is 4. The molecule has 88 valence electrons. The molecule has 0 radical (unpaired) electrons. The Morgan fingerprint density at radius 2 is 2.06 bits per heavy atom. The summed E-state index contributed by atoms with van der Waals surface area (Å²) in [5.74, 6) is -0.772. The first kappa shape index (κ1) is 11.1. The fourth-order valence-electron chi connectivity index (χ4n) is 2.29. The highest BCUT2D eigenvalue weighted by Gasteiger charge is 2.63. The Kier molecular flexibility index (Phi) is 2.12. The second-order valence-electron chi connectivity index (χ2n) is 5.43. The van der Waals surface area contributed by atoms with Gasteiger partial charge in [-0.1, -0.05) is 20.8 Å². The molecule has 1 unspecified atom stereocenters. The van der Waals surface area contributed by atoms with Crippen LogP contribution < -0.4 is 0 Å². The molecule has 2 atom stereocenters. The molecule has 0 aromatic carbocycles. The minimum atomic E-state index is -1.35. The Morgan fingerprint density at radius 3 is 2.56 bits per heavy atom. The van der Waals surface area contributed by atoms with Crippen LogP contribution in [0.3, 0.4) is 0 Å². The van der Waals surface area contributed by atoms with Gasteiger partial charge in [-0.3, -0.25) is 9.69 Å². The summed E-state index contributed by atoms with van der Waals surface area (Å²) in [4.78, 5) is 36.0. The van der Waals surface area contributed by atoms with Gasteiger partial charge in [-0.05, 0) is 6.42 Å². The van der Waals surface area contributed by atoms with Gasteiger partial charge in [0.25, 0.3) is 0 Å². The number of carbonyl (C=O) groups excluding carboxylic acids is 3. The van der Waals surface area contributed by atoms with E-state index in [-0.39, 0.29) is 24.2 Å². The number of carbonyl (C=O) groups is 3. The first-order valence-corrected chi connectivity index (χ1v) is 5.32. The largest absolute Gasteiger partial charge is 0.439 e. The predicted octanol–water partition coefficient (Wildman–Crippen LogP) is 0.475. The Balaban J connectivity index is 2.46. The van der Waals surface area contributed by atoms with Gasteiger partial charge in [-0.2, -0.15) is 0 Å². The molecule has 16 heavy (non-hydrogen) atoms. The molecule has 0 bridgehead atoms. The molecule has 0 saturated carbocycles. The lowest BCUT2D eigenvalue weighted by atomic mass is 9.92. The highest BCUT2D eigenvalue weighted by atomic mass is 16.6. The molecule has 5 nitrogen and oxygen atoms in total. The van der Waals surface area contributed by atoms with E-state index in [0.29, 0.717) is 6.29 Å². The van der Waals surface area contributed by atoms with Gasteiger partial charge in [0.05, 0.1) is 0 Å². The molecule has 2 aliphatic rings. The molecule has 0 aliphatic carbocycles. The standard InChI is InChI=1S/C11H15NO4/c1-10(2,3)8-12-7(14)4-5-11(12,6-13)9(15)16-8/h6,8H,4-5H2,1-3H3/t8-,11?/m1/s1. The highest BCUT2D eigenvalue weighted by Crippen LogP contribution is 2.43. The van der Waals surface area contributed by atoms with Crippen LogP contribution in [0.2, 0.25) is 0 Å². The van der Waals surface area contributed by atoms with Gasteiger partial charge in [0.15, 0.2) is 18.1 Å². The maximum Gasteiger partial charge on any atom is 0.341 e. The van der Waals surface area contributed by atoms with Gasteiger partial charge in [0, 0.05) is 11.8 Å². The third kappa shape index (κ3) is 1.20. The second-order valence-corrected chi connectivity index (χ2v) is 5.43. The number of ether oxygens (including phenoxy) is 1. The van der Waals surface area contributed by atoms with Crippen LogP contribution in [0, 0.1) is 5.41 Å². The average Bonchev–Trinajstić information content (AvgIpc) is 2.65. The minimum Gasteiger partial charge on any atom is -0.439 e. The van der Waals surface area contributed by atoms with E-state index in [4.69, 9.17) is 4.74 Å². The van der Waals surface area contributed by atoms with Crippen LogP contribution >= 0.6 is 0 Å². The van der Waals surface area contributed by atoms with Crippen LogP contribution in [-0.4, -0.2) is 34.8 Å². The van der Waals surface area contributed by atoms with E-state index in [1.165, 1.54) is 4.90 Å². The Morgan fingerprint density at radius 1 is 1.44 bits per heavy atom. The number of amides is 1. The summed E-state index contributed by atoms with van der Waals surface area (Å²) in [6.45, 7) is 5.62. The molecular weight excluding hydrogens is 210 g/mol. The van der Waals surface area contributed by atoms with Gasteiger partial charge in [0.2, 0.25) is 5.91 Å². The van der Waals surface area contributed by atoms with Crippen LogP contribution in [0.5, 0.6) is 0 Å². The number of hydrogen-bond donors (Lipinski definition) is 0. The van der Waals surface area contributed by atoms with Crippen molar-refractivity contribution in [3.05, 3.63) is 0 Å². The van der Waals surface area contributed by atoms with Crippen LogP contribution in [0.4, 0.5) is 0 Å². The molecule has 2 saturated heterocycles. The zero-order valence-corrected chi connectivity index (χ0v) is 9.65. The quantitative estimate of drug-likeness (QED) is 0.370. The van der Waals surface area contributed by atoms with Gasteiger partial charge in [-0.15, -0.1) is 0 Å². The lowest BCUT2D eigenvalue weighted by Gasteiger charge is -2.33. The summed E-state index contributed by atoms with van der Waals surface area (Å²) in [7, 11) is 0. The normalized spacial score (nSPS) is 33.9. The minimum absolute atomic E-state index is 0.183. The zero-order chi connectivity index (χ0) is 12.1. The second kappa shape index (κ2) is 3.06. The van der Waals surface area contributed by atoms with Crippen molar-refractivity contribution in [3.63, 3.8) is 0 Å². The predicted molar refractivity (Wildman–Crippen MR) is 54.2 cm³/mol. The van der Waals surface area contributed by atoms with Crippen LogP contribution in [0.25, 0.3) is 0 Å². The number of rotatable bonds is 1. The maximum atomic E-state index is 11.8. The van der Waals surface area contributed by atoms with Crippen molar-refractivity contribution in [2.75, 3.05) is 0 Å². The zero-order valence-electron chi connectivity index (χ0n) is 9.65. The van der Waals surface area contributed by atoms with E-state index in [1.807, 2.05) is 20.8 Å². The average molecular weight is 225 g/mol. The van der Waals surface area contributed by atoms with E-state index in [9.17, 15) is 14.4 Å². The summed E-state index contributed by atoms with van der Waals surface area (Å²) < 4.78 is 5.19. The topological polar surface area (TPSA) is 63.7 Å². The number of aldehydes is 1. The number of nitrogens with zero attached hydrogens (tertiary/aromatic N) is 1. The fourth-order valence-corrected chi connectivity index (χ4v) is 2.29. The summed E-state index contributed by atoms with van der Waals surface area (Å²) >= 11 is 0. The summed E-state index contributed by atoms with van der Waals surface area (Å²) in [6, 6.07) is 0. The van der Waals surface area contributed by atoms with E-state index in [1.54, 1.807) is 0 Å². The third-order valence-corrected chi connectivity index (χ3v) is 3.16. The molecule has 0 aromatic heterocycles. The first-order chi connectivity index (χ1) is 7.33. The molecule has 5 heteroatoms. The SMILES string of the molecule is CC(C)(C)[C@H]1OC(=O)C2(C=O)CCC(=O)N12. The lowest BCUT2D eigenvalue weighted by Crippen LogP contribution is -2.51. The Labute approximate surface area is 93.7 Å². The number of fused-ring (bicyclic) bond motifs is 1. The van der Waals surface area contributed by atoms with Crippen molar-refractivity contribution in [1.82, 2.24) is 4.90 Å². The number of cyclic esters (lactones) is 1. The van der Waals surface area contributed by atoms with Crippen LogP contribution in [0.1, 0.15) is 33.6 Å². The van der Waals surface area contributed by atoms with Gasteiger partial charge in [0.1, 0.15) is 0 Å². The Hall–Kier alpha value is -1.39. The van der Waals surface area contributed by atoms with Crippen LogP contribution in [0.15, 0.2) is 0 Å². The molecule has 2 aliphatic heterocycles. The van der Waals surface area contributed by atoms with Gasteiger partial charge in [-0.25, -0.2) is 4.79 Å². The monoisotopic (exact) mass is 225 g/mol. The Bertz CT molecular complexity index is 371. The summed E-state index contributed by atoms with van der Waals surface area (Å²) in [5.41, 5.74) is -1.74. The molecule has 2 fully saturated rings.